The Morgan fingerprint density at radius 1 is 1.09 bits per heavy atom. The van der Waals surface area contributed by atoms with Crippen molar-refractivity contribution in [2.75, 3.05) is 25.1 Å². The fourth-order valence-electron chi connectivity index (χ4n) is 2.75. The molecule has 0 unspecified atom stereocenters. The standard InChI is InChI=1S/C24H23N3O5/c1-3-29-22-15-18(14-19(16-25)24(28)26-23-13-17(2)32-27-23)9-10-21(22)31-12-11-30-20-7-5-4-6-8-20/h4-10,13-15H,3,11-12H2,1-2H3,(H,26,27,28). The highest BCUT2D eigenvalue weighted by Gasteiger charge is 2.13. The van der Waals surface area contributed by atoms with E-state index in [1.165, 1.54) is 6.08 Å². The van der Waals surface area contributed by atoms with Gasteiger partial charge in [-0.25, -0.2) is 0 Å². The fraction of sp³-hybridized carbons (Fsp3) is 0.208. The van der Waals surface area contributed by atoms with Crippen LogP contribution in [0.1, 0.15) is 18.2 Å². The molecule has 164 valence electrons. The van der Waals surface area contributed by atoms with E-state index in [0.29, 0.717) is 42.6 Å². The van der Waals surface area contributed by atoms with E-state index in [2.05, 4.69) is 10.5 Å². The number of nitrogens with one attached hydrogen (secondary N) is 1. The summed E-state index contributed by atoms with van der Waals surface area (Å²) in [5, 5.41) is 15.6. The zero-order valence-electron chi connectivity index (χ0n) is 17.8. The quantitative estimate of drug-likeness (QED) is 0.287. The number of para-hydroxylation sites is 1. The second-order valence-electron chi connectivity index (χ2n) is 6.60. The molecule has 3 aromatic rings. The minimum atomic E-state index is -0.586. The number of amides is 1. The lowest BCUT2D eigenvalue weighted by molar-refractivity contribution is -0.112. The number of ether oxygens (including phenoxy) is 3. The predicted molar refractivity (Wildman–Crippen MR) is 119 cm³/mol. The van der Waals surface area contributed by atoms with Gasteiger partial charge in [0.15, 0.2) is 17.3 Å². The number of carbonyl (C=O) groups excluding carboxylic acids is 1. The molecule has 0 aliphatic rings. The number of benzene rings is 2. The van der Waals surface area contributed by atoms with Gasteiger partial charge in [0.05, 0.1) is 6.61 Å². The average molecular weight is 433 g/mol. The van der Waals surface area contributed by atoms with E-state index in [9.17, 15) is 10.1 Å². The fourth-order valence-corrected chi connectivity index (χ4v) is 2.75. The molecule has 8 heteroatoms. The Kier molecular flexibility index (Phi) is 7.87. The smallest absolute Gasteiger partial charge is 0.267 e. The maximum atomic E-state index is 12.4. The summed E-state index contributed by atoms with van der Waals surface area (Å²) in [6, 6.07) is 18.1. The summed E-state index contributed by atoms with van der Waals surface area (Å²) in [6.45, 7) is 4.70. The molecule has 0 bridgehead atoms. The van der Waals surface area contributed by atoms with Crippen LogP contribution in [0.3, 0.4) is 0 Å². The summed E-state index contributed by atoms with van der Waals surface area (Å²) in [5.74, 6) is 2.02. The third-order valence-corrected chi connectivity index (χ3v) is 4.17. The van der Waals surface area contributed by atoms with Crippen LogP contribution in [-0.2, 0) is 4.79 Å². The molecule has 0 spiro atoms. The Bertz CT molecular complexity index is 1120. The van der Waals surface area contributed by atoms with Crippen molar-refractivity contribution in [2.24, 2.45) is 0 Å². The molecule has 32 heavy (non-hydrogen) atoms. The van der Waals surface area contributed by atoms with Gasteiger partial charge in [-0.2, -0.15) is 5.26 Å². The van der Waals surface area contributed by atoms with Crippen molar-refractivity contribution in [3.05, 3.63) is 71.5 Å². The lowest BCUT2D eigenvalue weighted by Crippen LogP contribution is -2.13. The van der Waals surface area contributed by atoms with E-state index in [1.54, 1.807) is 31.2 Å². The second-order valence-corrected chi connectivity index (χ2v) is 6.60. The maximum absolute atomic E-state index is 12.4. The Labute approximate surface area is 186 Å². The van der Waals surface area contributed by atoms with Crippen molar-refractivity contribution in [3.8, 4) is 23.3 Å². The molecule has 0 atom stereocenters. The SMILES string of the molecule is CCOc1cc(C=C(C#N)C(=O)Nc2cc(C)on2)ccc1OCCOc1ccccc1. The normalized spacial score (nSPS) is 10.8. The topological polar surface area (TPSA) is 107 Å². The Balaban J connectivity index is 1.66. The first-order chi connectivity index (χ1) is 15.6. The van der Waals surface area contributed by atoms with Gasteiger partial charge in [0.25, 0.3) is 5.91 Å². The molecule has 1 N–H and O–H groups in total. The minimum absolute atomic E-state index is 0.0852. The summed E-state index contributed by atoms with van der Waals surface area (Å²) >= 11 is 0. The average Bonchev–Trinajstić information content (AvgIpc) is 3.21. The number of hydrogen-bond donors (Lipinski definition) is 1. The van der Waals surface area contributed by atoms with E-state index in [0.717, 1.165) is 5.75 Å². The van der Waals surface area contributed by atoms with Crippen LogP contribution in [0.4, 0.5) is 5.82 Å². The van der Waals surface area contributed by atoms with Crippen molar-refractivity contribution < 1.29 is 23.5 Å². The molecule has 1 amide bonds. The number of rotatable bonds is 10. The first-order valence-electron chi connectivity index (χ1n) is 10.0. The molecule has 0 aliphatic carbocycles. The van der Waals surface area contributed by atoms with Crippen LogP contribution < -0.4 is 19.5 Å². The lowest BCUT2D eigenvalue weighted by Gasteiger charge is -2.13. The van der Waals surface area contributed by atoms with Gasteiger partial charge in [-0.3, -0.25) is 4.79 Å². The summed E-state index contributed by atoms with van der Waals surface area (Å²) in [6.07, 6.45) is 1.47. The minimum Gasteiger partial charge on any atom is -0.490 e. The van der Waals surface area contributed by atoms with Crippen molar-refractivity contribution in [3.63, 3.8) is 0 Å². The molecule has 3 rings (SSSR count). The number of aryl methyl sites for hydroxylation is 1. The van der Waals surface area contributed by atoms with Crippen molar-refractivity contribution in [1.29, 1.82) is 5.26 Å². The molecular formula is C24H23N3O5. The number of nitriles is 1. The van der Waals surface area contributed by atoms with Crippen LogP contribution in [0, 0.1) is 18.3 Å². The van der Waals surface area contributed by atoms with Gasteiger partial charge >= 0.3 is 0 Å². The van der Waals surface area contributed by atoms with E-state index >= 15 is 0 Å². The van der Waals surface area contributed by atoms with E-state index in [4.69, 9.17) is 18.7 Å². The van der Waals surface area contributed by atoms with Gasteiger partial charge in [-0.1, -0.05) is 29.4 Å². The monoisotopic (exact) mass is 433 g/mol. The number of aromatic nitrogens is 1. The Hall–Kier alpha value is -4.25. The predicted octanol–water partition coefficient (Wildman–Crippen LogP) is 4.39. The van der Waals surface area contributed by atoms with Crippen LogP contribution in [-0.4, -0.2) is 30.9 Å². The Morgan fingerprint density at radius 2 is 1.88 bits per heavy atom. The van der Waals surface area contributed by atoms with E-state index < -0.39 is 5.91 Å². The summed E-state index contributed by atoms with van der Waals surface area (Å²) in [5.41, 5.74) is 0.530. The van der Waals surface area contributed by atoms with Gasteiger partial charge in [-0.05, 0) is 49.8 Å². The van der Waals surface area contributed by atoms with Crippen LogP contribution in [0.25, 0.3) is 6.08 Å². The summed E-state index contributed by atoms with van der Waals surface area (Å²) in [4.78, 5) is 12.4. The molecule has 1 heterocycles. The zero-order valence-corrected chi connectivity index (χ0v) is 17.8. The van der Waals surface area contributed by atoms with Gasteiger partial charge in [0, 0.05) is 6.07 Å². The number of carbonyl (C=O) groups is 1. The summed E-state index contributed by atoms with van der Waals surface area (Å²) < 4.78 is 22.0. The van der Waals surface area contributed by atoms with Gasteiger partial charge in [0.1, 0.15) is 36.4 Å². The number of hydrogen-bond acceptors (Lipinski definition) is 7. The van der Waals surface area contributed by atoms with Crippen molar-refractivity contribution in [2.45, 2.75) is 13.8 Å². The van der Waals surface area contributed by atoms with Crippen LogP contribution >= 0.6 is 0 Å². The molecular weight excluding hydrogens is 410 g/mol. The van der Waals surface area contributed by atoms with Crippen LogP contribution in [0.15, 0.2) is 64.7 Å². The lowest BCUT2D eigenvalue weighted by atomic mass is 10.1. The van der Waals surface area contributed by atoms with Gasteiger partial charge in [0.2, 0.25) is 0 Å². The molecule has 0 aliphatic heterocycles. The van der Waals surface area contributed by atoms with Crippen LogP contribution in [0.2, 0.25) is 0 Å². The third-order valence-electron chi connectivity index (χ3n) is 4.17. The molecule has 1 aromatic heterocycles. The maximum Gasteiger partial charge on any atom is 0.267 e. The van der Waals surface area contributed by atoms with Crippen molar-refractivity contribution in [1.82, 2.24) is 5.16 Å². The van der Waals surface area contributed by atoms with Gasteiger partial charge < -0.3 is 24.1 Å². The van der Waals surface area contributed by atoms with E-state index in [1.807, 2.05) is 43.3 Å². The highest BCUT2D eigenvalue weighted by atomic mass is 16.5. The number of nitrogens with zero attached hydrogens (tertiary/aromatic N) is 2. The zero-order chi connectivity index (χ0) is 22.8. The first-order valence-corrected chi connectivity index (χ1v) is 10.0. The van der Waals surface area contributed by atoms with E-state index in [-0.39, 0.29) is 11.4 Å². The molecule has 0 saturated heterocycles. The Morgan fingerprint density at radius 3 is 2.56 bits per heavy atom. The highest BCUT2D eigenvalue weighted by molar-refractivity contribution is 6.09. The summed E-state index contributed by atoms with van der Waals surface area (Å²) in [7, 11) is 0. The van der Waals surface area contributed by atoms with Crippen molar-refractivity contribution >= 4 is 17.8 Å². The molecule has 0 radical (unpaired) electrons. The second kappa shape index (κ2) is 11.2. The largest absolute Gasteiger partial charge is 0.490 e. The first kappa shape index (κ1) is 22.4. The molecule has 0 fully saturated rings. The van der Waals surface area contributed by atoms with Crippen LogP contribution in [0.5, 0.6) is 17.2 Å². The number of anilines is 1. The molecule has 2 aromatic carbocycles. The van der Waals surface area contributed by atoms with Gasteiger partial charge in [-0.15, -0.1) is 0 Å². The molecule has 0 saturated carbocycles. The molecule has 8 nitrogen and oxygen atoms in total. The third kappa shape index (κ3) is 6.37. The highest BCUT2D eigenvalue weighted by Crippen LogP contribution is 2.29.